The van der Waals surface area contributed by atoms with Crippen molar-refractivity contribution in [3.8, 4) is 0 Å². The quantitative estimate of drug-likeness (QED) is 0.856. The van der Waals surface area contributed by atoms with Crippen LogP contribution in [0.5, 0.6) is 0 Å². The minimum Gasteiger partial charge on any atom is -0.324 e. The number of nitrogens with zero attached hydrogens (tertiary/aromatic N) is 3. The number of halogens is 1. The van der Waals surface area contributed by atoms with Crippen LogP contribution >= 0.6 is 11.6 Å². The van der Waals surface area contributed by atoms with E-state index in [1.54, 1.807) is 18.3 Å². The molecule has 6 nitrogen and oxygen atoms in total. The van der Waals surface area contributed by atoms with E-state index in [1.807, 2.05) is 19.9 Å². The Labute approximate surface area is 128 Å². The van der Waals surface area contributed by atoms with Gasteiger partial charge in [-0.25, -0.2) is 4.68 Å². The Morgan fingerprint density at radius 3 is 3.00 bits per heavy atom. The molecule has 0 aliphatic rings. The Morgan fingerprint density at radius 1 is 1.43 bits per heavy atom. The first-order chi connectivity index (χ1) is 10.1. The average Bonchev–Trinajstić information content (AvgIpc) is 2.89. The topological polar surface area (TPSA) is 71.8 Å². The maximum absolute atomic E-state index is 12.0. The molecule has 7 heteroatoms. The molecule has 2 aromatic rings. The number of nitrogens with one attached hydrogen (secondary N) is 2. The Kier molecular flexibility index (Phi) is 5.30. The number of hydrogen-bond acceptors (Lipinski definition) is 4. The van der Waals surface area contributed by atoms with E-state index in [9.17, 15) is 4.79 Å². The van der Waals surface area contributed by atoms with E-state index in [0.29, 0.717) is 17.3 Å². The molecule has 21 heavy (non-hydrogen) atoms. The van der Waals surface area contributed by atoms with Crippen molar-refractivity contribution in [2.75, 3.05) is 11.9 Å². The van der Waals surface area contributed by atoms with Crippen LogP contribution in [0, 0.1) is 6.92 Å². The average molecular weight is 308 g/mol. The summed E-state index contributed by atoms with van der Waals surface area (Å²) in [5.41, 5.74) is 2.36. The van der Waals surface area contributed by atoms with E-state index < -0.39 is 0 Å². The summed E-state index contributed by atoms with van der Waals surface area (Å²) in [6.45, 7) is 5.51. The highest BCUT2D eigenvalue weighted by atomic mass is 35.5. The maximum atomic E-state index is 12.0. The van der Waals surface area contributed by atoms with Crippen LogP contribution in [0.1, 0.15) is 18.2 Å². The lowest BCUT2D eigenvalue weighted by molar-refractivity contribution is -0.116. The van der Waals surface area contributed by atoms with Gasteiger partial charge >= 0.3 is 0 Å². The monoisotopic (exact) mass is 307 g/mol. The summed E-state index contributed by atoms with van der Waals surface area (Å²) in [7, 11) is 0. The molecule has 2 N–H and O–H groups in total. The fourth-order valence-electron chi connectivity index (χ4n) is 1.83. The van der Waals surface area contributed by atoms with Crippen molar-refractivity contribution in [1.82, 2.24) is 20.3 Å². The van der Waals surface area contributed by atoms with Gasteiger partial charge in [-0.2, -0.15) is 0 Å². The minimum absolute atomic E-state index is 0.116. The molecule has 1 aromatic heterocycles. The third-order valence-corrected chi connectivity index (χ3v) is 3.40. The molecule has 1 aromatic carbocycles. The third kappa shape index (κ3) is 4.27. The molecule has 0 aliphatic heterocycles. The van der Waals surface area contributed by atoms with Gasteiger partial charge in [-0.15, -0.1) is 5.10 Å². The standard InChI is InChI=1S/C14H18ClN5O/c1-3-16-7-11-8-20(19-18-11)9-14(21)17-13-6-4-5-12(15)10(13)2/h4-6,8,16H,3,7,9H2,1-2H3,(H,17,21). The van der Waals surface area contributed by atoms with Crippen LogP contribution in [0.4, 0.5) is 5.69 Å². The molecule has 0 unspecified atom stereocenters. The molecular weight excluding hydrogens is 290 g/mol. The number of rotatable bonds is 6. The number of carbonyl (C=O) groups is 1. The number of carbonyl (C=O) groups excluding carboxylic acids is 1. The maximum Gasteiger partial charge on any atom is 0.246 e. The largest absolute Gasteiger partial charge is 0.324 e. The predicted molar refractivity (Wildman–Crippen MR) is 82.2 cm³/mol. The van der Waals surface area contributed by atoms with Gasteiger partial charge in [-0.05, 0) is 31.2 Å². The molecular formula is C14H18ClN5O. The van der Waals surface area contributed by atoms with Crippen molar-refractivity contribution in [1.29, 1.82) is 0 Å². The summed E-state index contributed by atoms with van der Waals surface area (Å²) < 4.78 is 1.52. The van der Waals surface area contributed by atoms with Crippen LogP contribution in [0.25, 0.3) is 0 Å². The van der Waals surface area contributed by atoms with Crippen LogP contribution in [0.15, 0.2) is 24.4 Å². The summed E-state index contributed by atoms with van der Waals surface area (Å²) in [4.78, 5) is 12.0. The van der Waals surface area contributed by atoms with Crippen molar-refractivity contribution >= 4 is 23.2 Å². The second-order valence-corrected chi connectivity index (χ2v) is 5.06. The van der Waals surface area contributed by atoms with Crippen molar-refractivity contribution in [3.05, 3.63) is 40.7 Å². The van der Waals surface area contributed by atoms with Gasteiger partial charge in [-0.3, -0.25) is 4.79 Å². The van der Waals surface area contributed by atoms with Crippen LogP contribution in [-0.4, -0.2) is 27.4 Å². The number of benzene rings is 1. The van der Waals surface area contributed by atoms with E-state index in [-0.39, 0.29) is 12.5 Å². The van der Waals surface area contributed by atoms with Gasteiger partial charge < -0.3 is 10.6 Å². The zero-order valence-electron chi connectivity index (χ0n) is 12.1. The molecule has 0 saturated carbocycles. The number of aromatic nitrogens is 3. The zero-order valence-corrected chi connectivity index (χ0v) is 12.8. The lowest BCUT2D eigenvalue weighted by atomic mass is 10.2. The molecule has 0 bridgehead atoms. The lowest BCUT2D eigenvalue weighted by Gasteiger charge is -2.09. The molecule has 0 atom stereocenters. The Balaban J connectivity index is 1.95. The fourth-order valence-corrected chi connectivity index (χ4v) is 2.00. The summed E-state index contributed by atoms with van der Waals surface area (Å²) >= 11 is 6.02. The molecule has 1 amide bonds. The van der Waals surface area contributed by atoms with E-state index >= 15 is 0 Å². The molecule has 2 rings (SSSR count). The highest BCUT2D eigenvalue weighted by molar-refractivity contribution is 6.31. The minimum atomic E-state index is -0.166. The number of anilines is 1. The first kappa shape index (κ1) is 15.5. The summed E-state index contributed by atoms with van der Waals surface area (Å²) in [5, 5.41) is 14.5. The fraction of sp³-hybridized carbons (Fsp3) is 0.357. The van der Waals surface area contributed by atoms with Crippen LogP contribution in [0.2, 0.25) is 5.02 Å². The van der Waals surface area contributed by atoms with Crippen LogP contribution < -0.4 is 10.6 Å². The molecule has 0 aliphatic carbocycles. The van der Waals surface area contributed by atoms with Crippen molar-refractivity contribution in [3.63, 3.8) is 0 Å². The predicted octanol–water partition coefficient (Wildman–Crippen LogP) is 1.99. The highest BCUT2D eigenvalue weighted by Gasteiger charge is 2.09. The van der Waals surface area contributed by atoms with Crippen molar-refractivity contribution in [2.45, 2.75) is 26.9 Å². The van der Waals surface area contributed by atoms with Gasteiger partial charge in [0.05, 0.1) is 11.9 Å². The van der Waals surface area contributed by atoms with Gasteiger partial charge in [0, 0.05) is 17.3 Å². The number of hydrogen-bond donors (Lipinski definition) is 2. The Hall–Kier alpha value is -1.92. The third-order valence-electron chi connectivity index (χ3n) is 2.99. The number of amides is 1. The van der Waals surface area contributed by atoms with E-state index in [2.05, 4.69) is 20.9 Å². The van der Waals surface area contributed by atoms with E-state index in [1.165, 1.54) is 4.68 Å². The molecule has 112 valence electrons. The second-order valence-electron chi connectivity index (χ2n) is 4.65. The molecule has 1 heterocycles. The van der Waals surface area contributed by atoms with Gasteiger partial charge in [0.1, 0.15) is 6.54 Å². The Bertz CT molecular complexity index is 626. The smallest absolute Gasteiger partial charge is 0.246 e. The summed E-state index contributed by atoms with van der Waals surface area (Å²) in [6, 6.07) is 5.41. The van der Waals surface area contributed by atoms with Crippen LogP contribution in [0.3, 0.4) is 0 Å². The Morgan fingerprint density at radius 2 is 2.24 bits per heavy atom. The summed E-state index contributed by atoms with van der Waals surface area (Å²) in [6.07, 6.45) is 1.76. The zero-order chi connectivity index (χ0) is 15.2. The highest BCUT2D eigenvalue weighted by Crippen LogP contribution is 2.22. The molecule has 0 radical (unpaired) electrons. The summed E-state index contributed by atoms with van der Waals surface area (Å²) in [5.74, 6) is -0.166. The van der Waals surface area contributed by atoms with Gasteiger partial charge in [0.25, 0.3) is 0 Å². The van der Waals surface area contributed by atoms with Crippen molar-refractivity contribution < 1.29 is 4.79 Å². The van der Waals surface area contributed by atoms with E-state index in [0.717, 1.165) is 17.8 Å². The first-order valence-electron chi connectivity index (χ1n) is 6.75. The van der Waals surface area contributed by atoms with Gasteiger partial charge in [-0.1, -0.05) is 29.8 Å². The van der Waals surface area contributed by atoms with Gasteiger partial charge in [0.2, 0.25) is 5.91 Å². The van der Waals surface area contributed by atoms with Crippen molar-refractivity contribution in [2.24, 2.45) is 0 Å². The normalized spacial score (nSPS) is 10.6. The molecule has 0 fully saturated rings. The van der Waals surface area contributed by atoms with E-state index in [4.69, 9.17) is 11.6 Å². The lowest BCUT2D eigenvalue weighted by Crippen LogP contribution is -2.19. The van der Waals surface area contributed by atoms with Gasteiger partial charge in [0.15, 0.2) is 0 Å². The molecule has 0 saturated heterocycles. The molecule has 0 spiro atoms. The SMILES string of the molecule is CCNCc1cn(CC(=O)Nc2cccc(Cl)c2C)nn1. The second kappa shape index (κ2) is 7.19. The van der Waals surface area contributed by atoms with Crippen LogP contribution in [-0.2, 0) is 17.9 Å². The first-order valence-corrected chi connectivity index (χ1v) is 7.12.